The number of nitrogens with two attached hydrogens (primary N) is 1. The van der Waals surface area contributed by atoms with Gasteiger partial charge in [0.1, 0.15) is 0 Å². The molecule has 2 N–H and O–H groups in total. The van der Waals surface area contributed by atoms with Crippen molar-refractivity contribution in [3.05, 3.63) is 29.6 Å². The van der Waals surface area contributed by atoms with Crippen molar-refractivity contribution in [1.82, 2.24) is 4.98 Å². The molecule has 3 nitrogen and oxygen atoms in total. The summed E-state index contributed by atoms with van der Waals surface area (Å²) in [5.74, 6) is 0. The van der Waals surface area contributed by atoms with Gasteiger partial charge in [-0.2, -0.15) is 0 Å². The third-order valence-corrected chi connectivity index (χ3v) is 4.36. The molecule has 1 heterocycles. The van der Waals surface area contributed by atoms with E-state index in [1.165, 1.54) is 12.8 Å². The highest BCUT2D eigenvalue weighted by Gasteiger charge is 2.38. The highest BCUT2D eigenvalue weighted by atomic mass is 16.5. The van der Waals surface area contributed by atoms with Gasteiger partial charge in [0.25, 0.3) is 0 Å². The molecule has 1 aromatic rings. The third kappa shape index (κ3) is 3.77. The first-order valence-corrected chi connectivity index (χ1v) is 7.21. The van der Waals surface area contributed by atoms with Gasteiger partial charge in [-0.1, -0.05) is 19.9 Å². The van der Waals surface area contributed by atoms with Crippen LogP contribution in [0.2, 0.25) is 0 Å². The van der Waals surface area contributed by atoms with E-state index in [4.69, 9.17) is 10.5 Å². The van der Waals surface area contributed by atoms with Crippen LogP contribution in [0.1, 0.15) is 50.9 Å². The van der Waals surface area contributed by atoms with E-state index in [-0.39, 0.29) is 5.60 Å². The number of ether oxygens (including phenoxy) is 1. The fraction of sp³-hybridized carbons (Fsp3) is 0.688. The van der Waals surface area contributed by atoms with E-state index in [0.717, 1.165) is 24.2 Å². The SMILES string of the molecule is Cc1cccc(COC2(CN)CCC(C)(C)CC2)n1. The van der Waals surface area contributed by atoms with E-state index in [1.807, 2.05) is 25.1 Å². The maximum Gasteiger partial charge on any atom is 0.0896 e. The van der Waals surface area contributed by atoms with Crippen LogP contribution in [0.4, 0.5) is 0 Å². The van der Waals surface area contributed by atoms with Crippen LogP contribution in [0.3, 0.4) is 0 Å². The summed E-state index contributed by atoms with van der Waals surface area (Å²) in [6, 6.07) is 6.05. The molecule has 0 unspecified atom stereocenters. The fourth-order valence-corrected chi connectivity index (χ4v) is 2.70. The van der Waals surface area contributed by atoms with E-state index < -0.39 is 0 Å². The summed E-state index contributed by atoms with van der Waals surface area (Å²) in [7, 11) is 0. The quantitative estimate of drug-likeness (QED) is 0.906. The van der Waals surface area contributed by atoms with Crippen molar-refractivity contribution in [3.8, 4) is 0 Å². The van der Waals surface area contributed by atoms with Crippen molar-refractivity contribution in [1.29, 1.82) is 0 Å². The molecule has 2 rings (SSSR count). The molecule has 0 bridgehead atoms. The van der Waals surface area contributed by atoms with E-state index in [0.29, 0.717) is 18.6 Å². The molecule has 0 atom stereocenters. The molecule has 0 spiro atoms. The Morgan fingerprint density at radius 3 is 2.47 bits per heavy atom. The Kier molecular flexibility index (Phi) is 4.26. The first-order chi connectivity index (χ1) is 8.95. The monoisotopic (exact) mass is 262 g/mol. The van der Waals surface area contributed by atoms with E-state index in [9.17, 15) is 0 Å². The number of hydrogen-bond acceptors (Lipinski definition) is 3. The van der Waals surface area contributed by atoms with Crippen molar-refractivity contribution in [2.24, 2.45) is 11.1 Å². The van der Waals surface area contributed by atoms with Crippen LogP contribution in [-0.2, 0) is 11.3 Å². The van der Waals surface area contributed by atoms with Gasteiger partial charge in [0, 0.05) is 12.2 Å². The molecule has 1 saturated carbocycles. The van der Waals surface area contributed by atoms with Crippen molar-refractivity contribution in [2.75, 3.05) is 6.54 Å². The van der Waals surface area contributed by atoms with Crippen LogP contribution in [0.5, 0.6) is 0 Å². The van der Waals surface area contributed by atoms with Crippen LogP contribution in [0.15, 0.2) is 18.2 Å². The smallest absolute Gasteiger partial charge is 0.0896 e. The Morgan fingerprint density at radius 2 is 1.89 bits per heavy atom. The average Bonchev–Trinajstić information content (AvgIpc) is 2.39. The normalized spacial score (nSPS) is 21.3. The first kappa shape index (κ1) is 14.5. The van der Waals surface area contributed by atoms with E-state index in [2.05, 4.69) is 18.8 Å². The van der Waals surface area contributed by atoms with Crippen LogP contribution in [-0.4, -0.2) is 17.1 Å². The van der Waals surface area contributed by atoms with Gasteiger partial charge in [0.05, 0.1) is 17.9 Å². The second-order valence-corrected chi connectivity index (χ2v) is 6.61. The van der Waals surface area contributed by atoms with Gasteiger partial charge < -0.3 is 10.5 Å². The number of aryl methyl sites for hydroxylation is 1. The predicted molar refractivity (Wildman–Crippen MR) is 77.8 cm³/mol. The zero-order chi connectivity index (χ0) is 13.9. The molecule has 0 radical (unpaired) electrons. The highest BCUT2D eigenvalue weighted by molar-refractivity contribution is 5.09. The molecule has 0 aliphatic heterocycles. The second kappa shape index (κ2) is 5.59. The lowest BCUT2D eigenvalue weighted by Crippen LogP contribution is -2.45. The van der Waals surface area contributed by atoms with Crippen molar-refractivity contribution in [3.63, 3.8) is 0 Å². The highest BCUT2D eigenvalue weighted by Crippen LogP contribution is 2.41. The van der Waals surface area contributed by atoms with Gasteiger partial charge in [-0.05, 0) is 50.2 Å². The van der Waals surface area contributed by atoms with Crippen LogP contribution in [0.25, 0.3) is 0 Å². The molecule has 19 heavy (non-hydrogen) atoms. The summed E-state index contributed by atoms with van der Waals surface area (Å²) in [6.07, 6.45) is 4.49. The molecule has 3 heteroatoms. The third-order valence-electron chi connectivity index (χ3n) is 4.36. The standard InChI is InChI=1S/C16H26N2O/c1-13-5-4-6-14(18-13)11-19-16(12-17)9-7-15(2,3)8-10-16/h4-6H,7-12,17H2,1-3H3. The van der Waals surface area contributed by atoms with Crippen molar-refractivity contribution >= 4 is 0 Å². The van der Waals surface area contributed by atoms with Gasteiger partial charge in [0.15, 0.2) is 0 Å². The lowest BCUT2D eigenvalue weighted by molar-refractivity contribution is -0.0913. The summed E-state index contributed by atoms with van der Waals surface area (Å²) < 4.78 is 6.17. The minimum absolute atomic E-state index is 0.138. The second-order valence-electron chi connectivity index (χ2n) is 6.61. The Hall–Kier alpha value is -0.930. The molecule has 106 valence electrons. The molecular weight excluding hydrogens is 236 g/mol. The molecule has 0 aromatic carbocycles. The molecule has 1 fully saturated rings. The van der Waals surface area contributed by atoms with Crippen LogP contribution >= 0.6 is 0 Å². The van der Waals surface area contributed by atoms with E-state index in [1.54, 1.807) is 0 Å². The number of rotatable bonds is 4. The number of nitrogens with zero attached hydrogens (tertiary/aromatic N) is 1. The maximum absolute atomic E-state index is 6.17. The molecule has 0 saturated heterocycles. The Balaban J connectivity index is 1.96. The lowest BCUT2D eigenvalue weighted by atomic mass is 9.71. The summed E-state index contributed by atoms with van der Waals surface area (Å²) >= 11 is 0. The predicted octanol–water partition coefficient (Wildman–Crippen LogP) is 3.20. The van der Waals surface area contributed by atoms with E-state index >= 15 is 0 Å². The van der Waals surface area contributed by atoms with Crippen LogP contribution in [0, 0.1) is 12.3 Å². The summed E-state index contributed by atoms with van der Waals surface area (Å²) in [6.45, 7) is 7.84. The largest absolute Gasteiger partial charge is 0.367 e. The number of aromatic nitrogens is 1. The maximum atomic E-state index is 6.17. The van der Waals surface area contributed by atoms with Gasteiger partial charge in [-0.15, -0.1) is 0 Å². The average molecular weight is 262 g/mol. The summed E-state index contributed by atoms with van der Waals surface area (Å²) in [5, 5.41) is 0. The van der Waals surface area contributed by atoms with Gasteiger partial charge in [-0.25, -0.2) is 0 Å². The number of hydrogen-bond donors (Lipinski definition) is 1. The molecule has 1 aliphatic carbocycles. The topological polar surface area (TPSA) is 48.1 Å². The first-order valence-electron chi connectivity index (χ1n) is 7.21. The van der Waals surface area contributed by atoms with Gasteiger partial charge >= 0.3 is 0 Å². The Morgan fingerprint density at radius 1 is 1.21 bits per heavy atom. The van der Waals surface area contributed by atoms with Gasteiger partial charge in [-0.3, -0.25) is 4.98 Å². The van der Waals surface area contributed by atoms with Crippen molar-refractivity contribution in [2.45, 2.75) is 58.7 Å². The fourth-order valence-electron chi connectivity index (χ4n) is 2.70. The Labute approximate surface area is 116 Å². The molecular formula is C16H26N2O. The summed E-state index contributed by atoms with van der Waals surface area (Å²) in [4.78, 5) is 4.49. The zero-order valence-electron chi connectivity index (χ0n) is 12.4. The van der Waals surface area contributed by atoms with Gasteiger partial charge in [0.2, 0.25) is 0 Å². The molecule has 1 aromatic heterocycles. The number of pyridine rings is 1. The Bertz CT molecular complexity index is 419. The van der Waals surface area contributed by atoms with Crippen LogP contribution < -0.4 is 5.73 Å². The molecule has 0 amide bonds. The zero-order valence-corrected chi connectivity index (χ0v) is 12.4. The van der Waals surface area contributed by atoms with Crippen molar-refractivity contribution < 1.29 is 4.74 Å². The minimum Gasteiger partial charge on any atom is -0.367 e. The minimum atomic E-state index is -0.138. The summed E-state index contributed by atoms with van der Waals surface area (Å²) in [5.41, 5.74) is 8.30. The molecule has 1 aliphatic rings. The lowest BCUT2D eigenvalue weighted by Gasteiger charge is -2.42.